The first-order valence-electron chi connectivity index (χ1n) is 7.26. The zero-order valence-corrected chi connectivity index (χ0v) is 12.0. The van der Waals surface area contributed by atoms with Crippen molar-refractivity contribution in [3.05, 3.63) is 36.0 Å². The second kappa shape index (κ2) is 7.59. The SMILES string of the molecule is Nc1cc(C(=O)NCCCCCCO)nc2ccccc12. The molecule has 0 fully saturated rings. The third-order valence-electron chi connectivity index (χ3n) is 3.35. The lowest BCUT2D eigenvalue weighted by Gasteiger charge is -2.07. The smallest absolute Gasteiger partial charge is 0.269 e. The minimum Gasteiger partial charge on any atom is -0.398 e. The number of anilines is 1. The first-order valence-corrected chi connectivity index (χ1v) is 7.26. The summed E-state index contributed by atoms with van der Waals surface area (Å²) < 4.78 is 0. The van der Waals surface area contributed by atoms with E-state index < -0.39 is 0 Å². The Labute approximate surface area is 124 Å². The highest BCUT2D eigenvalue weighted by molar-refractivity contribution is 5.99. The van der Waals surface area contributed by atoms with E-state index in [4.69, 9.17) is 10.8 Å². The number of carbonyl (C=O) groups excluding carboxylic acids is 1. The summed E-state index contributed by atoms with van der Waals surface area (Å²) >= 11 is 0. The number of hydrogen-bond donors (Lipinski definition) is 3. The highest BCUT2D eigenvalue weighted by atomic mass is 16.2. The third kappa shape index (κ3) is 4.16. The van der Waals surface area contributed by atoms with Gasteiger partial charge in [0.05, 0.1) is 5.52 Å². The summed E-state index contributed by atoms with van der Waals surface area (Å²) in [5, 5.41) is 12.4. The largest absolute Gasteiger partial charge is 0.398 e. The number of aliphatic hydroxyl groups excluding tert-OH is 1. The van der Waals surface area contributed by atoms with Crippen LogP contribution < -0.4 is 11.1 Å². The van der Waals surface area contributed by atoms with Crippen LogP contribution in [0.1, 0.15) is 36.2 Å². The van der Waals surface area contributed by atoms with Gasteiger partial charge in [0.25, 0.3) is 5.91 Å². The van der Waals surface area contributed by atoms with Crippen LogP contribution in [0.4, 0.5) is 5.69 Å². The predicted octanol–water partition coefficient (Wildman–Crippen LogP) is 2.10. The number of para-hydroxylation sites is 1. The lowest BCUT2D eigenvalue weighted by molar-refractivity contribution is 0.0948. The van der Waals surface area contributed by atoms with E-state index in [9.17, 15) is 4.79 Å². The van der Waals surface area contributed by atoms with Crippen molar-refractivity contribution in [2.75, 3.05) is 18.9 Å². The summed E-state index contributed by atoms with van der Waals surface area (Å²) in [5.74, 6) is -0.199. The molecule has 112 valence electrons. The Morgan fingerprint density at radius 2 is 1.95 bits per heavy atom. The first kappa shape index (κ1) is 15.3. The number of nitrogens with two attached hydrogens (primary N) is 1. The number of unbranched alkanes of at least 4 members (excludes halogenated alkanes) is 3. The predicted molar refractivity (Wildman–Crippen MR) is 84.0 cm³/mol. The van der Waals surface area contributed by atoms with Crippen LogP contribution in [0, 0.1) is 0 Å². The molecule has 0 atom stereocenters. The minimum atomic E-state index is -0.199. The first-order chi connectivity index (χ1) is 10.2. The number of hydrogen-bond acceptors (Lipinski definition) is 4. The Morgan fingerprint density at radius 3 is 2.76 bits per heavy atom. The zero-order chi connectivity index (χ0) is 15.1. The van der Waals surface area contributed by atoms with E-state index in [2.05, 4.69) is 10.3 Å². The van der Waals surface area contributed by atoms with Crippen LogP contribution in [0.2, 0.25) is 0 Å². The van der Waals surface area contributed by atoms with Gasteiger partial charge in [0.1, 0.15) is 5.69 Å². The van der Waals surface area contributed by atoms with Crippen molar-refractivity contribution < 1.29 is 9.90 Å². The van der Waals surface area contributed by atoms with Crippen LogP contribution in [-0.2, 0) is 0 Å². The van der Waals surface area contributed by atoms with Crippen LogP contribution in [0.3, 0.4) is 0 Å². The van der Waals surface area contributed by atoms with Crippen LogP contribution in [0.5, 0.6) is 0 Å². The van der Waals surface area contributed by atoms with E-state index in [0.717, 1.165) is 36.6 Å². The number of amides is 1. The van der Waals surface area contributed by atoms with Gasteiger partial charge < -0.3 is 16.2 Å². The quantitative estimate of drug-likeness (QED) is 0.680. The molecule has 1 amide bonds. The number of carbonyl (C=O) groups is 1. The number of nitrogen functional groups attached to an aromatic ring is 1. The third-order valence-corrected chi connectivity index (χ3v) is 3.35. The van der Waals surface area contributed by atoms with Gasteiger partial charge in [-0.05, 0) is 25.0 Å². The molecule has 0 saturated carbocycles. The Hall–Kier alpha value is -2.14. The number of benzene rings is 1. The summed E-state index contributed by atoms with van der Waals surface area (Å²) in [4.78, 5) is 16.4. The van der Waals surface area contributed by atoms with Gasteiger partial charge in [-0.25, -0.2) is 4.98 Å². The Balaban J connectivity index is 1.93. The molecule has 1 heterocycles. The molecule has 5 heteroatoms. The fraction of sp³-hybridized carbons (Fsp3) is 0.375. The van der Waals surface area contributed by atoms with Gasteiger partial charge in [-0.1, -0.05) is 31.0 Å². The summed E-state index contributed by atoms with van der Waals surface area (Å²) in [6.45, 7) is 0.839. The fourth-order valence-corrected chi connectivity index (χ4v) is 2.20. The molecule has 0 aliphatic carbocycles. The highest BCUT2D eigenvalue weighted by Crippen LogP contribution is 2.19. The molecule has 2 aromatic rings. The monoisotopic (exact) mass is 287 g/mol. The normalized spacial score (nSPS) is 10.7. The van der Waals surface area contributed by atoms with Crippen molar-refractivity contribution in [2.24, 2.45) is 0 Å². The number of fused-ring (bicyclic) bond motifs is 1. The molecule has 0 radical (unpaired) electrons. The van der Waals surface area contributed by atoms with E-state index in [1.807, 2.05) is 24.3 Å². The summed E-state index contributed by atoms with van der Waals surface area (Å²) in [5.41, 5.74) is 7.60. The molecule has 0 saturated heterocycles. The number of nitrogens with zero attached hydrogens (tertiary/aromatic N) is 1. The topological polar surface area (TPSA) is 88.2 Å². The number of aromatic nitrogens is 1. The summed E-state index contributed by atoms with van der Waals surface area (Å²) in [7, 11) is 0. The average molecular weight is 287 g/mol. The molecule has 4 N–H and O–H groups in total. The number of pyridine rings is 1. The molecular formula is C16H21N3O2. The van der Waals surface area contributed by atoms with Gasteiger partial charge in [0, 0.05) is 24.2 Å². The number of rotatable bonds is 7. The Morgan fingerprint density at radius 1 is 1.19 bits per heavy atom. The highest BCUT2D eigenvalue weighted by Gasteiger charge is 2.09. The van der Waals surface area contributed by atoms with Crippen LogP contribution in [-0.4, -0.2) is 29.1 Å². The van der Waals surface area contributed by atoms with E-state index in [-0.39, 0.29) is 12.5 Å². The number of nitrogens with one attached hydrogen (secondary N) is 1. The van der Waals surface area contributed by atoms with Gasteiger partial charge in [-0.15, -0.1) is 0 Å². The van der Waals surface area contributed by atoms with Crippen LogP contribution >= 0.6 is 0 Å². The van der Waals surface area contributed by atoms with Gasteiger partial charge in [0.15, 0.2) is 0 Å². The van der Waals surface area contributed by atoms with E-state index >= 15 is 0 Å². The maximum absolute atomic E-state index is 12.1. The van der Waals surface area contributed by atoms with Crippen molar-refractivity contribution in [3.63, 3.8) is 0 Å². The molecule has 0 bridgehead atoms. The maximum atomic E-state index is 12.1. The molecule has 2 rings (SSSR count). The lowest BCUT2D eigenvalue weighted by atomic mass is 10.1. The fourth-order valence-electron chi connectivity index (χ4n) is 2.20. The molecular weight excluding hydrogens is 266 g/mol. The second-order valence-corrected chi connectivity index (χ2v) is 5.01. The molecule has 0 spiro atoms. The maximum Gasteiger partial charge on any atom is 0.269 e. The molecule has 5 nitrogen and oxygen atoms in total. The van der Waals surface area contributed by atoms with Gasteiger partial charge >= 0.3 is 0 Å². The average Bonchev–Trinajstić information content (AvgIpc) is 2.50. The van der Waals surface area contributed by atoms with E-state index in [1.165, 1.54) is 0 Å². The molecule has 21 heavy (non-hydrogen) atoms. The van der Waals surface area contributed by atoms with Crippen LogP contribution in [0.15, 0.2) is 30.3 Å². The van der Waals surface area contributed by atoms with Crippen molar-refractivity contribution in [2.45, 2.75) is 25.7 Å². The standard InChI is InChI=1S/C16H21N3O2/c17-13-11-15(19-14-8-4-3-7-12(13)14)16(21)18-9-5-1-2-6-10-20/h3-4,7-8,11,20H,1-2,5-6,9-10H2,(H2,17,19)(H,18,21). The molecule has 0 unspecified atom stereocenters. The van der Waals surface area contributed by atoms with Crippen molar-refractivity contribution in [1.82, 2.24) is 10.3 Å². The van der Waals surface area contributed by atoms with Crippen molar-refractivity contribution >= 4 is 22.5 Å². The van der Waals surface area contributed by atoms with E-state index in [1.54, 1.807) is 6.07 Å². The minimum absolute atomic E-state index is 0.199. The van der Waals surface area contributed by atoms with Crippen molar-refractivity contribution in [3.8, 4) is 0 Å². The second-order valence-electron chi connectivity index (χ2n) is 5.01. The van der Waals surface area contributed by atoms with Gasteiger partial charge in [0.2, 0.25) is 0 Å². The van der Waals surface area contributed by atoms with E-state index in [0.29, 0.717) is 17.9 Å². The summed E-state index contributed by atoms with van der Waals surface area (Å²) in [6.07, 6.45) is 3.69. The molecule has 0 aliphatic heterocycles. The van der Waals surface area contributed by atoms with Crippen molar-refractivity contribution in [1.29, 1.82) is 0 Å². The van der Waals surface area contributed by atoms with Crippen LogP contribution in [0.25, 0.3) is 10.9 Å². The summed E-state index contributed by atoms with van der Waals surface area (Å²) in [6, 6.07) is 9.12. The van der Waals surface area contributed by atoms with Gasteiger partial charge in [-0.2, -0.15) is 0 Å². The molecule has 1 aromatic carbocycles. The lowest BCUT2D eigenvalue weighted by Crippen LogP contribution is -2.25. The Kier molecular flexibility index (Phi) is 5.51. The molecule has 0 aliphatic rings. The molecule has 1 aromatic heterocycles. The zero-order valence-electron chi connectivity index (χ0n) is 12.0. The van der Waals surface area contributed by atoms with Gasteiger partial charge in [-0.3, -0.25) is 4.79 Å². The Bertz CT molecular complexity index is 613. The number of aliphatic hydroxyl groups is 1.